The van der Waals surface area contributed by atoms with Crippen LogP contribution in [0.3, 0.4) is 0 Å². The number of aliphatic carboxylic acids is 1. The van der Waals surface area contributed by atoms with E-state index in [1.165, 1.54) is 30.2 Å². The highest BCUT2D eigenvalue weighted by atomic mass is 16.4. The topological polar surface area (TPSA) is 212 Å². The number of benzene rings is 2. The van der Waals surface area contributed by atoms with E-state index >= 15 is 0 Å². The number of hydrogen-bond acceptors (Lipinski definition) is 9. The second-order valence-corrected chi connectivity index (χ2v) is 17.2. The Morgan fingerprint density at radius 1 is 0.667 bits per heavy atom. The number of fused-ring (bicyclic) bond motifs is 2. The zero-order valence-electron chi connectivity index (χ0n) is 36.9. The second-order valence-electron chi connectivity index (χ2n) is 17.2. The summed E-state index contributed by atoms with van der Waals surface area (Å²) in [6, 6.07) is 16.2. The SMILES string of the molecule is C[C@H]1CC[C@H](c2ccc3c(c2)CCC(=O)N3)NC1.Cc1cc(NC(=O)C(=O)N2C[C@@H](C)CC[C@@H]2c2ccc3c(c2)CCC(=O)N3)cnc1C.Cc1cc(NC(=O)C(=O)O)cnc1C. The lowest BCUT2D eigenvalue weighted by molar-refractivity contribution is -0.147. The van der Waals surface area contributed by atoms with Crippen molar-refractivity contribution < 1.29 is 33.9 Å². The van der Waals surface area contributed by atoms with Gasteiger partial charge < -0.3 is 36.6 Å². The van der Waals surface area contributed by atoms with Crippen LogP contribution >= 0.6 is 0 Å². The number of anilines is 4. The van der Waals surface area contributed by atoms with E-state index in [1.807, 2.05) is 45.9 Å². The Labute approximate surface area is 368 Å². The molecule has 6 N–H and O–H groups in total. The first kappa shape index (κ1) is 46.0. The van der Waals surface area contributed by atoms with Gasteiger partial charge in [0, 0.05) is 48.2 Å². The van der Waals surface area contributed by atoms with E-state index in [0.29, 0.717) is 49.1 Å². The lowest BCUT2D eigenvalue weighted by atomic mass is 9.88. The Morgan fingerprint density at radius 3 is 1.71 bits per heavy atom. The summed E-state index contributed by atoms with van der Waals surface area (Å²) in [5.74, 6) is -2.46. The van der Waals surface area contributed by atoms with Gasteiger partial charge >= 0.3 is 23.7 Å². The number of aryl methyl sites for hydroxylation is 6. The van der Waals surface area contributed by atoms with Crippen LogP contribution in [0.15, 0.2) is 60.9 Å². The molecule has 2 fully saturated rings. The van der Waals surface area contributed by atoms with E-state index in [-0.39, 0.29) is 17.9 Å². The van der Waals surface area contributed by atoms with Crippen LogP contribution in [0.25, 0.3) is 0 Å². The summed E-state index contributed by atoms with van der Waals surface area (Å²) in [7, 11) is 0. The average molecular weight is 859 g/mol. The number of piperidine rings is 2. The van der Waals surface area contributed by atoms with Crippen LogP contribution in [0.1, 0.15) is 109 Å². The minimum Gasteiger partial charge on any atom is -0.474 e. The van der Waals surface area contributed by atoms with Gasteiger partial charge in [-0.05, 0) is 142 Å². The zero-order chi connectivity index (χ0) is 45.4. The summed E-state index contributed by atoms with van der Waals surface area (Å²) >= 11 is 0. The lowest BCUT2D eigenvalue weighted by Gasteiger charge is -2.39. The van der Waals surface area contributed by atoms with Crippen molar-refractivity contribution in [1.29, 1.82) is 0 Å². The number of nitrogens with one attached hydrogen (secondary N) is 5. The van der Waals surface area contributed by atoms with Gasteiger partial charge in [-0.3, -0.25) is 33.9 Å². The van der Waals surface area contributed by atoms with Gasteiger partial charge in [0.25, 0.3) is 0 Å². The Bertz CT molecular complexity index is 2390. The Kier molecular flexibility index (Phi) is 15.0. The molecule has 4 aliphatic rings. The summed E-state index contributed by atoms with van der Waals surface area (Å²) in [5, 5.41) is 22.7. The van der Waals surface area contributed by atoms with Gasteiger partial charge in [-0.2, -0.15) is 0 Å². The van der Waals surface area contributed by atoms with Gasteiger partial charge in [0.1, 0.15) is 0 Å². The fourth-order valence-corrected chi connectivity index (χ4v) is 8.16. The first-order chi connectivity index (χ1) is 30.0. The first-order valence-electron chi connectivity index (χ1n) is 21.7. The number of carbonyl (C=O) groups excluding carboxylic acids is 5. The first-order valence-corrected chi connectivity index (χ1v) is 21.7. The molecule has 0 saturated carbocycles. The number of likely N-dealkylation sites (tertiary alicyclic amines) is 1. The third-order valence-corrected chi connectivity index (χ3v) is 12.2. The number of hydrogen-bond donors (Lipinski definition) is 6. The zero-order valence-corrected chi connectivity index (χ0v) is 36.9. The number of pyridine rings is 2. The predicted molar refractivity (Wildman–Crippen MR) is 241 cm³/mol. The Morgan fingerprint density at radius 2 is 1.19 bits per heavy atom. The van der Waals surface area contributed by atoms with Crippen LogP contribution in [-0.4, -0.2) is 68.6 Å². The molecule has 0 aliphatic carbocycles. The maximum absolute atomic E-state index is 13.2. The van der Waals surface area contributed by atoms with E-state index in [1.54, 1.807) is 17.2 Å². The largest absolute Gasteiger partial charge is 0.474 e. The highest BCUT2D eigenvalue weighted by Gasteiger charge is 2.35. The van der Waals surface area contributed by atoms with Crippen molar-refractivity contribution in [2.75, 3.05) is 34.4 Å². The Hall–Kier alpha value is -6.48. The van der Waals surface area contributed by atoms with Gasteiger partial charge in [0.2, 0.25) is 11.8 Å². The fraction of sp³-hybridized carbons (Fsp3) is 0.417. The van der Waals surface area contributed by atoms with Crippen LogP contribution in [0, 0.1) is 39.5 Å². The monoisotopic (exact) mass is 858 g/mol. The number of aromatic nitrogens is 2. The summed E-state index contributed by atoms with van der Waals surface area (Å²) in [6.45, 7) is 13.5. The fourth-order valence-electron chi connectivity index (χ4n) is 8.16. The minimum absolute atomic E-state index is 0.0287. The van der Waals surface area contributed by atoms with Gasteiger partial charge in [0.15, 0.2) is 0 Å². The predicted octanol–water partition coefficient (Wildman–Crippen LogP) is 6.87. The molecule has 0 bridgehead atoms. The summed E-state index contributed by atoms with van der Waals surface area (Å²) in [6.07, 6.45) is 9.94. The third kappa shape index (κ3) is 12.1. The van der Waals surface area contributed by atoms with E-state index in [2.05, 4.69) is 74.7 Å². The highest BCUT2D eigenvalue weighted by molar-refractivity contribution is 6.39. The summed E-state index contributed by atoms with van der Waals surface area (Å²) < 4.78 is 0. The van der Waals surface area contributed by atoms with Crippen molar-refractivity contribution in [3.05, 3.63) is 106 Å². The standard InChI is InChI=1S/C24H28N4O3.C15H20N2O.C9H10N2O3/c1-14-4-8-21(18-5-7-20-17(11-18)6-9-22(29)27-20)28(13-14)24(31)23(30)26-19-10-15(2)16(3)25-12-19;1-10-2-5-13(16-9-10)11-3-6-14-12(8-11)4-7-15(18)17-14;1-5-3-7(4-10-6(5)2)11-8(12)9(13)14/h5,7,10-12,14,21H,4,6,8-9,13H2,1-3H3,(H,26,30)(H,27,29);3,6,8,10,13,16H,2,4-5,7,9H2,1H3,(H,17,18);3-4H,1-2H3,(H,11,12)(H,13,14)/t14-,21+;10-,13+;/m00./s1. The molecular weight excluding hydrogens is 801 g/mol. The van der Waals surface area contributed by atoms with Crippen LogP contribution < -0.4 is 26.6 Å². The van der Waals surface area contributed by atoms with Crippen molar-refractivity contribution in [3.63, 3.8) is 0 Å². The molecule has 8 rings (SSSR count). The molecule has 4 aromatic rings. The van der Waals surface area contributed by atoms with Crippen molar-refractivity contribution >= 4 is 58.3 Å². The number of rotatable bonds is 4. The smallest absolute Gasteiger partial charge is 0.394 e. The van der Waals surface area contributed by atoms with Gasteiger partial charge in [0.05, 0.1) is 29.8 Å². The van der Waals surface area contributed by atoms with Gasteiger partial charge in [-0.15, -0.1) is 0 Å². The molecule has 5 amide bonds. The van der Waals surface area contributed by atoms with Gasteiger partial charge in [-0.25, -0.2) is 4.79 Å². The van der Waals surface area contributed by atoms with Crippen molar-refractivity contribution in [1.82, 2.24) is 20.2 Å². The summed E-state index contributed by atoms with van der Waals surface area (Å²) in [5.41, 5.74) is 11.1. The lowest BCUT2D eigenvalue weighted by Crippen LogP contribution is -2.46. The molecule has 15 nitrogen and oxygen atoms in total. The summed E-state index contributed by atoms with van der Waals surface area (Å²) in [4.78, 5) is 79.8. The van der Waals surface area contributed by atoms with Gasteiger partial charge in [-0.1, -0.05) is 38.1 Å². The molecule has 0 spiro atoms. The van der Waals surface area contributed by atoms with Crippen molar-refractivity contribution in [2.24, 2.45) is 11.8 Å². The number of amides is 5. The average Bonchev–Trinajstić information content (AvgIpc) is 3.26. The number of nitrogens with zero attached hydrogens (tertiary/aromatic N) is 3. The van der Waals surface area contributed by atoms with E-state index in [9.17, 15) is 28.8 Å². The van der Waals surface area contributed by atoms with E-state index in [0.717, 1.165) is 76.7 Å². The Balaban J connectivity index is 0.000000174. The molecule has 0 unspecified atom stereocenters. The quantitative estimate of drug-likeness (QED) is 0.117. The molecule has 332 valence electrons. The molecule has 15 heteroatoms. The van der Waals surface area contributed by atoms with Crippen molar-refractivity contribution in [3.8, 4) is 0 Å². The number of carboxylic acid groups (broad SMARTS) is 1. The molecule has 63 heavy (non-hydrogen) atoms. The van der Waals surface area contributed by atoms with E-state index < -0.39 is 23.7 Å². The van der Waals surface area contributed by atoms with E-state index in [4.69, 9.17) is 5.11 Å². The molecule has 0 radical (unpaired) electrons. The minimum atomic E-state index is -1.51. The molecule has 4 aliphatic heterocycles. The molecule has 2 aromatic carbocycles. The number of carbonyl (C=O) groups is 6. The molecule has 2 aromatic heterocycles. The molecule has 6 heterocycles. The maximum atomic E-state index is 13.2. The molecular formula is C48H58N8O7. The number of carboxylic acids is 1. The highest BCUT2D eigenvalue weighted by Crippen LogP contribution is 2.36. The van der Waals surface area contributed by atoms with Crippen LogP contribution in [0.4, 0.5) is 22.7 Å². The van der Waals surface area contributed by atoms with Crippen LogP contribution in [0.2, 0.25) is 0 Å². The van der Waals surface area contributed by atoms with Crippen LogP contribution in [0.5, 0.6) is 0 Å². The normalized spacial score (nSPS) is 20.1. The van der Waals surface area contributed by atoms with Crippen LogP contribution in [-0.2, 0) is 41.6 Å². The molecule has 4 atom stereocenters. The van der Waals surface area contributed by atoms with Crippen molar-refractivity contribution in [2.45, 2.75) is 105 Å². The molecule has 2 saturated heterocycles. The second kappa shape index (κ2) is 20.6. The third-order valence-electron chi connectivity index (χ3n) is 12.2. The maximum Gasteiger partial charge on any atom is 0.394 e.